The summed E-state index contributed by atoms with van der Waals surface area (Å²) in [7, 11) is -3.73. The predicted molar refractivity (Wildman–Crippen MR) is 118 cm³/mol. The number of sulfonamides is 1. The molecule has 0 saturated carbocycles. The van der Waals surface area contributed by atoms with Gasteiger partial charge in [0.15, 0.2) is 0 Å². The summed E-state index contributed by atoms with van der Waals surface area (Å²) in [6, 6.07) is 8.70. The number of carbonyl (C=O) groups is 1. The Morgan fingerprint density at radius 3 is 2.42 bits per heavy atom. The van der Waals surface area contributed by atoms with Crippen LogP contribution in [0.3, 0.4) is 0 Å². The van der Waals surface area contributed by atoms with Crippen LogP contribution in [-0.4, -0.2) is 61.2 Å². The lowest BCUT2D eigenvalue weighted by molar-refractivity contribution is -0.384. The number of benzene rings is 2. The van der Waals surface area contributed by atoms with Crippen LogP contribution in [0.1, 0.15) is 5.56 Å². The second kappa shape index (κ2) is 9.49. The SMILES string of the molecule is Cc1cccc([N+](=O)[O-])c1NC(=O)CN1CCN(S(=O)(=O)c2ccc(Cl)c(Cl)c2)CC1. The minimum atomic E-state index is -3.73. The highest BCUT2D eigenvalue weighted by Gasteiger charge is 2.30. The highest BCUT2D eigenvalue weighted by molar-refractivity contribution is 7.89. The number of halogens is 2. The van der Waals surface area contributed by atoms with Crippen molar-refractivity contribution in [3.8, 4) is 0 Å². The zero-order valence-corrected chi connectivity index (χ0v) is 18.9. The quantitative estimate of drug-likeness (QED) is 0.495. The zero-order chi connectivity index (χ0) is 22.8. The normalized spacial score (nSPS) is 15.6. The molecule has 0 bridgehead atoms. The molecule has 0 aromatic heterocycles. The standard InChI is InChI=1S/C19H20Cl2N4O5S/c1-13-3-2-4-17(25(27)28)19(13)22-18(26)12-23-7-9-24(10-8-23)31(29,30)14-5-6-15(20)16(21)11-14/h2-6,11H,7-10,12H2,1H3,(H,22,26). The van der Waals surface area contributed by atoms with Gasteiger partial charge >= 0.3 is 0 Å². The first-order valence-corrected chi connectivity index (χ1v) is 11.5. The molecule has 0 unspecified atom stereocenters. The van der Waals surface area contributed by atoms with Gasteiger partial charge in [-0.25, -0.2) is 8.42 Å². The van der Waals surface area contributed by atoms with Crippen molar-refractivity contribution in [3.63, 3.8) is 0 Å². The van der Waals surface area contributed by atoms with E-state index < -0.39 is 20.9 Å². The van der Waals surface area contributed by atoms with Crippen LogP contribution in [0.2, 0.25) is 10.0 Å². The molecule has 0 aliphatic carbocycles. The van der Waals surface area contributed by atoms with Crippen molar-refractivity contribution < 1.29 is 18.1 Å². The summed E-state index contributed by atoms with van der Waals surface area (Å²) in [6.07, 6.45) is 0. The average Bonchev–Trinajstić information content (AvgIpc) is 2.71. The summed E-state index contributed by atoms with van der Waals surface area (Å²) in [4.78, 5) is 24.9. The molecule has 0 radical (unpaired) electrons. The van der Waals surface area contributed by atoms with E-state index in [0.717, 1.165) is 0 Å². The topological polar surface area (TPSA) is 113 Å². The maximum Gasteiger partial charge on any atom is 0.293 e. The van der Waals surface area contributed by atoms with Gasteiger partial charge in [0, 0.05) is 32.2 Å². The molecule has 1 aliphatic rings. The summed E-state index contributed by atoms with van der Waals surface area (Å²) < 4.78 is 27.0. The number of amides is 1. The monoisotopic (exact) mass is 486 g/mol. The van der Waals surface area contributed by atoms with Gasteiger partial charge in [-0.15, -0.1) is 0 Å². The molecule has 0 atom stereocenters. The molecule has 9 nitrogen and oxygen atoms in total. The molecule has 31 heavy (non-hydrogen) atoms. The molecule has 0 spiro atoms. The Morgan fingerprint density at radius 1 is 1.13 bits per heavy atom. The molecule has 1 saturated heterocycles. The Morgan fingerprint density at radius 2 is 1.81 bits per heavy atom. The van der Waals surface area contributed by atoms with Crippen molar-refractivity contribution in [3.05, 3.63) is 62.1 Å². The van der Waals surface area contributed by atoms with Gasteiger partial charge in [-0.2, -0.15) is 4.31 Å². The van der Waals surface area contributed by atoms with Gasteiger partial charge in [0.1, 0.15) is 5.69 Å². The lowest BCUT2D eigenvalue weighted by atomic mass is 10.1. The number of anilines is 1. The van der Waals surface area contributed by atoms with Crippen LogP contribution in [0.25, 0.3) is 0 Å². The van der Waals surface area contributed by atoms with E-state index in [-0.39, 0.29) is 45.9 Å². The molecule has 2 aromatic rings. The number of hydrogen-bond acceptors (Lipinski definition) is 6. The van der Waals surface area contributed by atoms with Crippen LogP contribution in [0, 0.1) is 17.0 Å². The fourth-order valence-corrected chi connectivity index (χ4v) is 5.08. The molecular weight excluding hydrogens is 467 g/mol. The number of piperazine rings is 1. The number of nitro groups is 1. The maximum absolute atomic E-state index is 12.8. The fourth-order valence-electron chi connectivity index (χ4n) is 3.26. The highest BCUT2D eigenvalue weighted by Crippen LogP contribution is 2.28. The Bertz CT molecular complexity index is 1120. The van der Waals surface area contributed by atoms with Crippen LogP contribution < -0.4 is 5.32 Å². The second-order valence-corrected chi connectivity index (χ2v) is 9.78. The van der Waals surface area contributed by atoms with Crippen molar-refractivity contribution in [2.75, 3.05) is 38.0 Å². The number of nitro benzene ring substituents is 1. The number of para-hydroxylation sites is 1. The van der Waals surface area contributed by atoms with E-state index in [0.29, 0.717) is 18.7 Å². The first-order chi connectivity index (χ1) is 14.6. The summed E-state index contributed by atoms with van der Waals surface area (Å²) >= 11 is 11.8. The number of aryl methyl sites for hydroxylation is 1. The third-order valence-electron chi connectivity index (χ3n) is 4.94. The van der Waals surface area contributed by atoms with Crippen molar-refractivity contribution in [2.45, 2.75) is 11.8 Å². The van der Waals surface area contributed by atoms with Crippen LogP contribution in [0.5, 0.6) is 0 Å². The van der Waals surface area contributed by atoms with E-state index in [1.165, 1.54) is 28.6 Å². The predicted octanol–water partition coefficient (Wildman–Crippen LogP) is 3.16. The number of nitrogens with zero attached hydrogens (tertiary/aromatic N) is 3. The summed E-state index contributed by atoms with van der Waals surface area (Å²) in [6.45, 7) is 2.73. The maximum atomic E-state index is 12.8. The average molecular weight is 487 g/mol. The third-order valence-corrected chi connectivity index (χ3v) is 7.57. The van der Waals surface area contributed by atoms with Crippen LogP contribution >= 0.6 is 23.2 Å². The lowest BCUT2D eigenvalue weighted by Crippen LogP contribution is -2.50. The Kier molecular flexibility index (Phi) is 7.17. The molecule has 3 rings (SSSR count). The molecule has 1 N–H and O–H groups in total. The molecule has 1 fully saturated rings. The molecular formula is C19H20Cl2N4O5S. The first kappa shape index (κ1) is 23.4. The number of hydrogen-bond donors (Lipinski definition) is 1. The molecule has 1 aliphatic heterocycles. The van der Waals surface area contributed by atoms with Gasteiger partial charge in [0.2, 0.25) is 15.9 Å². The molecule has 1 heterocycles. The van der Waals surface area contributed by atoms with E-state index in [1.807, 2.05) is 0 Å². The molecule has 2 aromatic carbocycles. The lowest BCUT2D eigenvalue weighted by Gasteiger charge is -2.33. The molecule has 12 heteroatoms. The van der Waals surface area contributed by atoms with Gasteiger partial charge in [0.25, 0.3) is 5.69 Å². The zero-order valence-electron chi connectivity index (χ0n) is 16.5. The Labute approximate surface area is 189 Å². The van der Waals surface area contributed by atoms with Crippen molar-refractivity contribution in [1.82, 2.24) is 9.21 Å². The van der Waals surface area contributed by atoms with E-state index in [9.17, 15) is 23.3 Å². The number of nitrogens with one attached hydrogen (secondary N) is 1. The highest BCUT2D eigenvalue weighted by atomic mass is 35.5. The minimum Gasteiger partial charge on any atom is -0.319 e. The number of rotatable bonds is 6. The van der Waals surface area contributed by atoms with Gasteiger partial charge in [0.05, 0.1) is 26.4 Å². The van der Waals surface area contributed by atoms with Gasteiger partial charge in [-0.1, -0.05) is 35.3 Å². The fraction of sp³-hybridized carbons (Fsp3) is 0.316. The van der Waals surface area contributed by atoms with E-state index in [1.54, 1.807) is 24.0 Å². The van der Waals surface area contributed by atoms with Crippen molar-refractivity contribution in [2.24, 2.45) is 0 Å². The van der Waals surface area contributed by atoms with Crippen LogP contribution in [0.4, 0.5) is 11.4 Å². The van der Waals surface area contributed by atoms with Crippen molar-refractivity contribution in [1.29, 1.82) is 0 Å². The smallest absolute Gasteiger partial charge is 0.293 e. The Balaban J connectivity index is 1.61. The second-order valence-electron chi connectivity index (χ2n) is 7.03. The van der Waals surface area contributed by atoms with E-state index >= 15 is 0 Å². The van der Waals surface area contributed by atoms with Crippen LogP contribution in [0.15, 0.2) is 41.3 Å². The van der Waals surface area contributed by atoms with Gasteiger partial charge in [-0.3, -0.25) is 19.8 Å². The largest absolute Gasteiger partial charge is 0.319 e. The van der Waals surface area contributed by atoms with Crippen LogP contribution in [-0.2, 0) is 14.8 Å². The Hall–Kier alpha value is -2.24. The summed E-state index contributed by atoms with van der Waals surface area (Å²) in [5.74, 6) is -0.404. The van der Waals surface area contributed by atoms with Crippen molar-refractivity contribution >= 4 is 50.5 Å². The minimum absolute atomic E-state index is 0.00779. The summed E-state index contributed by atoms with van der Waals surface area (Å²) in [5.41, 5.74) is 0.573. The number of carbonyl (C=O) groups excluding carboxylic acids is 1. The van der Waals surface area contributed by atoms with Gasteiger partial charge in [-0.05, 0) is 30.7 Å². The third kappa shape index (κ3) is 5.34. The molecule has 1 amide bonds. The first-order valence-electron chi connectivity index (χ1n) is 9.31. The van der Waals surface area contributed by atoms with E-state index in [4.69, 9.17) is 23.2 Å². The molecule has 166 valence electrons. The van der Waals surface area contributed by atoms with E-state index in [2.05, 4.69) is 5.32 Å². The van der Waals surface area contributed by atoms with Gasteiger partial charge < -0.3 is 5.32 Å². The summed E-state index contributed by atoms with van der Waals surface area (Å²) in [5, 5.41) is 14.2.